The van der Waals surface area contributed by atoms with Crippen molar-refractivity contribution in [2.45, 2.75) is 46.2 Å². The second-order valence-corrected chi connectivity index (χ2v) is 7.33. The summed E-state index contributed by atoms with van der Waals surface area (Å²) in [4.78, 5) is 27.1. The van der Waals surface area contributed by atoms with E-state index in [1.165, 1.54) is 13.0 Å². The first-order chi connectivity index (χ1) is 12.3. The third kappa shape index (κ3) is 4.40. The smallest absolute Gasteiger partial charge is 0.354 e. The van der Waals surface area contributed by atoms with E-state index in [1.807, 2.05) is 0 Å². The summed E-state index contributed by atoms with van der Waals surface area (Å²) in [6.07, 6.45) is -4.42. The minimum absolute atomic E-state index is 0.135. The summed E-state index contributed by atoms with van der Waals surface area (Å²) in [7, 11) is 0. The van der Waals surface area contributed by atoms with Gasteiger partial charge in [0, 0.05) is 23.2 Å². The molecule has 0 unspecified atom stereocenters. The van der Waals surface area contributed by atoms with Crippen LogP contribution in [0.25, 0.3) is 0 Å². The van der Waals surface area contributed by atoms with Crippen molar-refractivity contribution in [2.24, 2.45) is 0 Å². The van der Waals surface area contributed by atoms with Gasteiger partial charge in [-0.1, -0.05) is 32.0 Å². The van der Waals surface area contributed by atoms with Gasteiger partial charge in [-0.2, -0.15) is 13.2 Å². The average molecular weight is 380 g/mol. The number of Topliss-reactive ketones (excluding diaryl/α,β-unsaturated/α-hetero) is 1. The molecule has 0 aliphatic rings. The molecule has 4 nitrogen and oxygen atoms in total. The second-order valence-electron chi connectivity index (χ2n) is 7.33. The van der Waals surface area contributed by atoms with E-state index < -0.39 is 23.1 Å². The fraction of sp³-hybridized carbons (Fsp3) is 0.400. The monoisotopic (exact) mass is 380 g/mol. The number of hydrogen-bond acceptors (Lipinski definition) is 2. The number of benzene rings is 1. The summed E-state index contributed by atoms with van der Waals surface area (Å²) < 4.78 is 38.8. The number of alkyl halides is 3. The lowest BCUT2D eigenvalue weighted by Crippen LogP contribution is -2.37. The van der Waals surface area contributed by atoms with Crippen molar-refractivity contribution in [3.63, 3.8) is 0 Å². The maximum Gasteiger partial charge on any atom is 0.416 e. The first kappa shape index (κ1) is 20.7. The zero-order valence-corrected chi connectivity index (χ0v) is 16.0. The van der Waals surface area contributed by atoms with Crippen molar-refractivity contribution in [1.82, 2.24) is 10.3 Å². The van der Waals surface area contributed by atoms with Gasteiger partial charge >= 0.3 is 6.18 Å². The molecule has 0 aliphatic heterocycles. The molecule has 0 radical (unpaired) electrons. The highest BCUT2D eigenvalue weighted by molar-refractivity contribution is 6.02. The van der Waals surface area contributed by atoms with Crippen molar-refractivity contribution < 1.29 is 22.8 Å². The number of aromatic amines is 1. The Morgan fingerprint density at radius 1 is 1.11 bits per heavy atom. The third-order valence-electron chi connectivity index (χ3n) is 4.68. The Morgan fingerprint density at radius 3 is 2.22 bits per heavy atom. The fourth-order valence-corrected chi connectivity index (χ4v) is 3.11. The van der Waals surface area contributed by atoms with Crippen LogP contribution < -0.4 is 5.32 Å². The third-order valence-corrected chi connectivity index (χ3v) is 4.68. The number of carbonyl (C=O) groups excluding carboxylic acids is 2. The quantitative estimate of drug-likeness (QED) is 0.747. The molecular weight excluding hydrogens is 357 g/mol. The molecule has 2 rings (SSSR count). The number of amides is 1. The number of aromatic nitrogens is 1. The maximum absolute atomic E-state index is 12.9. The summed E-state index contributed by atoms with van der Waals surface area (Å²) >= 11 is 0. The molecule has 0 saturated heterocycles. The van der Waals surface area contributed by atoms with Gasteiger partial charge in [0.1, 0.15) is 5.69 Å². The minimum atomic E-state index is -4.42. The van der Waals surface area contributed by atoms with Crippen LogP contribution >= 0.6 is 0 Å². The van der Waals surface area contributed by atoms with E-state index >= 15 is 0 Å². The summed E-state index contributed by atoms with van der Waals surface area (Å²) in [6, 6.07) is 5.09. The number of rotatable bonds is 5. The lowest BCUT2D eigenvalue weighted by molar-refractivity contribution is -0.137. The van der Waals surface area contributed by atoms with Crippen LogP contribution in [0.5, 0.6) is 0 Å². The number of nitrogens with one attached hydrogen (secondary N) is 2. The van der Waals surface area contributed by atoms with E-state index in [-0.39, 0.29) is 18.0 Å². The van der Waals surface area contributed by atoms with Gasteiger partial charge in [-0.15, -0.1) is 0 Å². The van der Waals surface area contributed by atoms with Crippen molar-refractivity contribution in [2.75, 3.05) is 6.54 Å². The van der Waals surface area contributed by atoms with E-state index in [1.54, 1.807) is 33.8 Å². The summed E-state index contributed by atoms with van der Waals surface area (Å²) in [5, 5.41) is 2.75. The van der Waals surface area contributed by atoms with Crippen LogP contribution in [0, 0.1) is 13.8 Å². The number of halogens is 3. The van der Waals surface area contributed by atoms with Crippen molar-refractivity contribution >= 4 is 11.7 Å². The Morgan fingerprint density at radius 2 is 1.70 bits per heavy atom. The van der Waals surface area contributed by atoms with E-state index in [2.05, 4.69) is 10.3 Å². The maximum atomic E-state index is 12.9. The van der Waals surface area contributed by atoms with Gasteiger partial charge in [0.25, 0.3) is 5.91 Å². The molecule has 0 saturated carbocycles. The van der Waals surface area contributed by atoms with Crippen LogP contribution in [0.15, 0.2) is 24.3 Å². The van der Waals surface area contributed by atoms with Gasteiger partial charge in [-0.3, -0.25) is 9.59 Å². The van der Waals surface area contributed by atoms with E-state index in [9.17, 15) is 22.8 Å². The molecule has 0 spiro atoms. The molecule has 146 valence electrons. The predicted molar refractivity (Wildman–Crippen MR) is 97.1 cm³/mol. The number of H-pyrrole nitrogens is 1. The van der Waals surface area contributed by atoms with E-state index in [0.717, 1.165) is 12.1 Å². The Balaban J connectivity index is 2.19. The van der Waals surface area contributed by atoms with Gasteiger partial charge in [-0.25, -0.2) is 0 Å². The Labute approximate surface area is 156 Å². The SMILES string of the molecule is CC(=O)c1c(C)[nH]c(C(=O)NCC(C)(C)c2cccc(C(F)(F)F)c2)c1C. The lowest BCUT2D eigenvalue weighted by Gasteiger charge is -2.26. The molecule has 27 heavy (non-hydrogen) atoms. The lowest BCUT2D eigenvalue weighted by atomic mass is 9.83. The number of carbonyl (C=O) groups is 2. The van der Waals surface area contributed by atoms with Gasteiger partial charge in [-0.05, 0) is 38.0 Å². The van der Waals surface area contributed by atoms with Crippen LogP contribution in [0.1, 0.15) is 64.0 Å². The van der Waals surface area contributed by atoms with Crippen LogP contribution in [0.4, 0.5) is 13.2 Å². The van der Waals surface area contributed by atoms with E-state index in [4.69, 9.17) is 0 Å². The molecule has 1 heterocycles. The first-order valence-corrected chi connectivity index (χ1v) is 8.50. The minimum Gasteiger partial charge on any atom is -0.354 e. The molecular formula is C20H23F3N2O2. The van der Waals surface area contributed by atoms with Gasteiger partial charge in [0.15, 0.2) is 5.78 Å². The molecule has 0 aliphatic carbocycles. The largest absolute Gasteiger partial charge is 0.416 e. The Bertz CT molecular complexity index is 880. The zero-order chi connectivity index (χ0) is 20.6. The Hall–Kier alpha value is -2.57. The number of ketones is 1. The van der Waals surface area contributed by atoms with Crippen molar-refractivity contribution in [1.29, 1.82) is 0 Å². The summed E-state index contributed by atoms with van der Waals surface area (Å²) in [5.41, 5.74) is 0.991. The molecule has 1 aromatic heterocycles. The number of aryl methyl sites for hydroxylation is 1. The fourth-order valence-electron chi connectivity index (χ4n) is 3.11. The topological polar surface area (TPSA) is 62.0 Å². The van der Waals surface area contributed by atoms with E-state index in [0.29, 0.717) is 22.4 Å². The number of hydrogen-bond donors (Lipinski definition) is 2. The zero-order valence-electron chi connectivity index (χ0n) is 16.0. The van der Waals surface area contributed by atoms with Crippen LogP contribution in [-0.4, -0.2) is 23.2 Å². The van der Waals surface area contributed by atoms with Crippen molar-refractivity contribution in [3.8, 4) is 0 Å². The van der Waals surface area contributed by atoms with Crippen LogP contribution in [0.2, 0.25) is 0 Å². The molecule has 7 heteroatoms. The highest BCUT2D eigenvalue weighted by atomic mass is 19.4. The molecule has 0 bridgehead atoms. The van der Waals surface area contributed by atoms with Crippen molar-refractivity contribution in [3.05, 3.63) is 57.9 Å². The average Bonchev–Trinajstić information content (AvgIpc) is 2.86. The Kier molecular flexibility index (Phi) is 5.54. The standard InChI is InChI=1S/C20H23F3N2O2/c1-11-16(13(3)26)12(2)25-17(11)18(27)24-10-19(4,5)14-7-6-8-15(9-14)20(21,22)23/h6-9,25H,10H2,1-5H3,(H,24,27). The molecule has 2 N–H and O–H groups in total. The molecule has 1 aromatic carbocycles. The molecule has 0 atom stereocenters. The highest BCUT2D eigenvalue weighted by Crippen LogP contribution is 2.32. The van der Waals surface area contributed by atoms with Gasteiger partial charge in [0.2, 0.25) is 0 Å². The van der Waals surface area contributed by atoms with Gasteiger partial charge in [0.05, 0.1) is 5.56 Å². The predicted octanol–water partition coefficient (Wildman–Crippen LogP) is 4.56. The first-order valence-electron chi connectivity index (χ1n) is 8.50. The normalized spacial score (nSPS) is 12.1. The highest BCUT2D eigenvalue weighted by Gasteiger charge is 2.32. The van der Waals surface area contributed by atoms with Crippen LogP contribution in [-0.2, 0) is 11.6 Å². The molecule has 1 amide bonds. The summed E-state index contributed by atoms with van der Waals surface area (Å²) in [5.74, 6) is -0.534. The van der Waals surface area contributed by atoms with Gasteiger partial charge < -0.3 is 10.3 Å². The molecule has 0 fully saturated rings. The summed E-state index contributed by atoms with van der Waals surface area (Å²) in [6.45, 7) is 8.50. The molecule has 2 aromatic rings. The van der Waals surface area contributed by atoms with Crippen LogP contribution in [0.3, 0.4) is 0 Å². The second kappa shape index (κ2) is 7.21.